The predicted molar refractivity (Wildman–Crippen MR) is 93.4 cm³/mol. The summed E-state index contributed by atoms with van der Waals surface area (Å²) in [4.78, 5) is 15.0. The standard InChI is InChI=1S/C18H18N3O2/c1-21(2,3)18-9-10-19-17-8-7-14(12-16(17)18)13-5-4-6-15(11-13)20(22)23/h4-12H,1-3H3/q+1. The highest BCUT2D eigenvalue weighted by atomic mass is 16.6. The number of aromatic nitrogens is 1. The maximum absolute atomic E-state index is 11.0. The lowest BCUT2D eigenvalue weighted by molar-refractivity contribution is -0.384. The molecule has 3 rings (SSSR count). The molecule has 1 heterocycles. The van der Waals surface area contributed by atoms with Crippen LogP contribution in [0.5, 0.6) is 0 Å². The summed E-state index contributed by atoms with van der Waals surface area (Å²) in [7, 11) is 6.32. The van der Waals surface area contributed by atoms with E-state index < -0.39 is 0 Å². The highest BCUT2D eigenvalue weighted by Gasteiger charge is 2.17. The maximum Gasteiger partial charge on any atom is 0.270 e. The van der Waals surface area contributed by atoms with Gasteiger partial charge >= 0.3 is 0 Å². The fourth-order valence-electron chi connectivity index (χ4n) is 2.70. The van der Waals surface area contributed by atoms with Gasteiger partial charge in [-0.1, -0.05) is 18.2 Å². The fourth-order valence-corrected chi connectivity index (χ4v) is 2.70. The Morgan fingerprint density at radius 1 is 1.00 bits per heavy atom. The maximum atomic E-state index is 11.0. The van der Waals surface area contributed by atoms with E-state index in [-0.39, 0.29) is 10.6 Å². The SMILES string of the molecule is C[N+](C)(C)c1ccnc2ccc(-c3cccc([N+](=O)[O-])c3)cc12. The van der Waals surface area contributed by atoms with E-state index in [1.54, 1.807) is 12.1 Å². The normalized spacial score (nSPS) is 11.6. The molecular formula is C18H18N3O2+. The van der Waals surface area contributed by atoms with Crippen LogP contribution in [-0.4, -0.2) is 31.1 Å². The second-order valence-electron chi connectivity index (χ2n) is 6.38. The van der Waals surface area contributed by atoms with Gasteiger partial charge < -0.3 is 0 Å². The molecule has 0 saturated heterocycles. The molecule has 0 aliphatic rings. The average Bonchev–Trinajstić information content (AvgIpc) is 2.53. The number of nitro groups is 1. The fraction of sp³-hybridized carbons (Fsp3) is 0.167. The first kappa shape index (κ1) is 15.1. The summed E-state index contributed by atoms with van der Waals surface area (Å²) < 4.78 is 0.678. The van der Waals surface area contributed by atoms with Crippen molar-refractivity contribution in [2.45, 2.75) is 0 Å². The highest BCUT2D eigenvalue weighted by Crippen LogP contribution is 2.32. The minimum atomic E-state index is -0.371. The molecule has 0 atom stereocenters. The lowest BCUT2D eigenvalue weighted by Crippen LogP contribution is -2.34. The highest BCUT2D eigenvalue weighted by molar-refractivity contribution is 5.93. The first-order valence-electron chi connectivity index (χ1n) is 7.32. The summed E-state index contributed by atoms with van der Waals surface area (Å²) >= 11 is 0. The average molecular weight is 308 g/mol. The number of hydrogen-bond acceptors (Lipinski definition) is 3. The third-order valence-corrected chi connectivity index (χ3v) is 3.83. The molecule has 0 unspecified atom stereocenters. The van der Waals surface area contributed by atoms with Crippen LogP contribution in [0.15, 0.2) is 54.7 Å². The Kier molecular flexibility index (Phi) is 3.58. The molecule has 3 aromatic rings. The van der Waals surface area contributed by atoms with Crippen LogP contribution in [0, 0.1) is 10.1 Å². The Morgan fingerprint density at radius 3 is 2.43 bits per heavy atom. The van der Waals surface area contributed by atoms with Gasteiger partial charge in [0, 0.05) is 24.4 Å². The number of benzene rings is 2. The van der Waals surface area contributed by atoms with Crippen molar-refractivity contribution in [3.05, 3.63) is 64.8 Å². The minimum Gasteiger partial charge on any atom is -0.298 e. The van der Waals surface area contributed by atoms with Gasteiger partial charge in [0.25, 0.3) is 5.69 Å². The molecule has 1 aromatic heterocycles. The van der Waals surface area contributed by atoms with Gasteiger partial charge in [0.15, 0.2) is 0 Å². The third kappa shape index (κ3) is 2.91. The number of pyridine rings is 1. The Labute approximate surface area is 134 Å². The number of nitro benzene ring substituents is 1. The first-order valence-corrected chi connectivity index (χ1v) is 7.32. The van der Waals surface area contributed by atoms with Gasteiger partial charge in [0.1, 0.15) is 5.69 Å². The van der Waals surface area contributed by atoms with E-state index in [0.717, 1.165) is 27.7 Å². The van der Waals surface area contributed by atoms with E-state index in [1.807, 2.05) is 30.5 Å². The van der Waals surface area contributed by atoms with E-state index in [9.17, 15) is 10.1 Å². The molecule has 0 radical (unpaired) electrons. The number of nitrogens with zero attached hydrogens (tertiary/aromatic N) is 3. The van der Waals surface area contributed by atoms with Gasteiger partial charge in [-0.2, -0.15) is 0 Å². The molecule has 116 valence electrons. The van der Waals surface area contributed by atoms with Crippen molar-refractivity contribution in [2.24, 2.45) is 0 Å². The first-order chi connectivity index (χ1) is 10.9. The van der Waals surface area contributed by atoms with Crippen molar-refractivity contribution < 1.29 is 4.92 Å². The molecule has 0 aliphatic heterocycles. The van der Waals surface area contributed by atoms with Gasteiger partial charge in [0.2, 0.25) is 0 Å². The Bertz CT molecular complexity index is 898. The molecule has 0 saturated carbocycles. The van der Waals surface area contributed by atoms with Gasteiger partial charge in [0.05, 0.1) is 37.0 Å². The van der Waals surface area contributed by atoms with E-state index in [0.29, 0.717) is 4.48 Å². The van der Waals surface area contributed by atoms with Crippen LogP contribution in [0.2, 0.25) is 0 Å². The molecule has 2 aromatic carbocycles. The van der Waals surface area contributed by atoms with Gasteiger partial charge in [-0.3, -0.25) is 19.6 Å². The van der Waals surface area contributed by atoms with Crippen molar-refractivity contribution in [3.8, 4) is 11.1 Å². The largest absolute Gasteiger partial charge is 0.298 e. The molecule has 0 spiro atoms. The molecule has 5 nitrogen and oxygen atoms in total. The minimum absolute atomic E-state index is 0.0978. The number of rotatable bonds is 3. The second kappa shape index (κ2) is 5.44. The van der Waals surface area contributed by atoms with Gasteiger partial charge in [-0.05, 0) is 23.3 Å². The van der Waals surface area contributed by atoms with Gasteiger partial charge in [-0.25, -0.2) is 0 Å². The Hall–Kier alpha value is -2.79. The Balaban J connectivity index is 2.20. The molecular weight excluding hydrogens is 290 g/mol. The molecule has 0 N–H and O–H groups in total. The number of fused-ring (bicyclic) bond motifs is 1. The zero-order valence-electron chi connectivity index (χ0n) is 13.4. The molecule has 5 heteroatoms. The number of hydrogen-bond donors (Lipinski definition) is 0. The molecule has 23 heavy (non-hydrogen) atoms. The van der Waals surface area contributed by atoms with Crippen LogP contribution < -0.4 is 4.48 Å². The van der Waals surface area contributed by atoms with Crippen molar-refractivity contribution in [2.75, 3.05) is 21.1 Å². The number of quaternary nitrogens is 1. The van der Waals surface area contributed by atoms with Crippen LogP contribution in [0.3, 0.4) is 0 Å². The van der Waals surface area contributed by atoms with Crippen LogP contribution in [0.4, 0.5) is 11.4 Å². The topological polar surface area (TPSA) is 56.0 Å². The summed E-state index contributed by atoms with van der Waals surface area (Å²) in [6.45, 7) is 0. The summed E-state index contributed by atoms with van der Waals surface area (Å²) in [5.41, 5.74) is 3.95. The summed E-state index contributed by atoms with van der Waals surface area (Å²) in [5, 5.41) is 12.0. The zero-order valence-corrected chi connectivity index (χ0v) is 13.4. The van der Waals surface area contributed by atoms with Crippen molar-refractivity contribution in [1.29, 1.82) is 0 Å². The van der Waals surface area contributed by atoms with Crippen LogP contribution in [0.25, 0.3) is 22.0 Å². The van der Waals surface area contributed by atoms with E-state index in [1.165, 1.54) is 6.07 Å². The monoisotopic (exact) mass is 308 g/mol. The zero-order chi connectivity index (χ0) is 16.6. The van der Waals surface area contributed by atoms with Crippen molar-refractivity contribution in [1.82, 2.24) is 9.47 Å². The summed E-state index contributed by atoms with van der Waals surface area (Å²) in [5.74, 6) is 0. The Morgan fingerprint density at radius 2 is 1.74 bits per heavy atom. The van der Waals surface area contributed by atoms with Crippen molar-refractivity contribution >= 4 is 22.3 Å². The van der Waals surface area contributed by atoms with Crippen LogP contribution in [0.1, 0.15) is 0 Å². The van der Waals surface area contributed by atoms with E-state index in [2.05, 4.69) is 32.2 Å². The molecule has 0 bridgehead atoms. The third-order valence-electron chi connectivity index (χ3n) is 3.83. The van der Waals surface area contributed by atoms with Crippen LogP contribution in [-0.2, 0) is 0 Å². The lowest BCUT2D eigenvalue weighted by Gasteiger charge is -2.24. The second-order valence-corrected chi connectivity index (χ2v) is 6.38. The summed E-state index contributed by atoms with van der Waals surface area (Å²) in [6, 6.07) is 14.7. The van der Waals surface area contributed by atoms with E-state index in [4.69, 9.17) is 0 Å². The smallest absolute Gasteiger partial charge is 0.270 e. The molecule has 0 fully saturated rings. The predicted octanol–water partition coefficient (Wildman–Crippen LogP) is 4.01. The number of non-ortho nitro benzene ring substituents is 1. The quantitative estimate of drug-likeness (QED) is 0.417. The molecule has 0 aliphatic carbocycles. The summed E-state index contributed by atoms with van der Waals surface area (Å²) in [6.07, 6.45) is 1.81. The van der Waals surface area contributed by atoms with Gasteiger partial charge in [-0.15, -0.1) is 0 Å². The van der Waals surface area contributed by atoms with Crippen molar-refractivity contribution in [3.63, 3.8) is 0 Å². The molecule has 0 amide bonds. The van der Waals surface area contributed by atoms with E-state index >= 15 is 0 Å². The van der Waals surface area contributed by atoms with Crippen LogP contribution >= 0.6 is 0 Å². The lowest BCUT2D eigenvalue weighted by atomic mass is 10.0.